The first-order chi connectivity index (χ1) is 8.27. The average Bonchev–Trinajstić information content (AvgIpc) is 2.38. The van der Waals surface area contributed by atoms with Crippen LogP contribution in [0.3, 0.4) is 0 Å². The van der Waals surface area contributed by atoms with E-state index in [9.17, 15) is 9.59 Å². The van der Waals surface area contributed by atoms with Gasteiger partial charge in [-0.2, -0.15) is 0 Å². The quantitative estimate of drug-likeness (QED) is 0.807. The molecule has 0 heterocycles. The third kappa shape index (κ3) is 2.19. The second kappa shape index (κ2) is 5.06. The van der Waals surface area contributed by atoms with Crippen molar-refractivity contribution >= 4 is 28.5 Å². The minimum Gasteiger partial charge on any atom is -0.298 e. The van der Waals surface area contributed by atoms with E-state index in [4.69, 9.17) is 0 Å². The Hall–Kier alpha value is -1.74. The van der Waals surface area contributed by atoms with Gasteiger partial charge >= 0.3 is 0 Å². The fraction of sp³-hybridized carbons (Fsp3) is 0. The van der Waals surface area contributed by atoms with E-state index in [1.165, 1.54) is 0 Å². The number of rotatable bonds is 3. The van der Waals surface area contributed by atoms with Crippen molar-refractivity contribution in [2.24, 2.45) is 0 Å². The summed E-state index contributed by atoms with van der Waals surface area (Å²) in [5, 5.41) is 0. The topological polar surface area (TPSA) is 34.1 Å². The molecule has 0 aliphatic carbocycles. The van der Waals surface area contributed by atoms with Crippen LogP contribution in [-0.2, 0) is 0 Å². The molecule has 3 heteroatoms. The fourth-order valence-corrected chi connectivity index (χ4v) is 2.24. The summed E-state index contributed by atoms with van der Waals surface area (Å²) < 4.78 is 0.859. The molecule has 0 spiro atoms. The van der Waals surface area contributed by atoms with Crippen LogP contribution in [-0.4, -0.2) is 12.6 Å². The summed E-state index contributed by atoms with van der Waals surface area (Å²) >= 11 is 3.43. The second-order valence-electron chi connectivity index (χ2n) is 3.53. The Morgan fingerprint density at radius 3 is 1.94 bits per heavy atom. The molecular weight excluding hydrogens is 280 g/mol. The third-order valence-corrected chi connectivity index (χ3v) is 3.22. The summed E-state index contributed by atoms with van der Waals surface area (Å²) in [6.45, 7) is 0. The van der Waals surface area contributed by atoms with Crippen LogP contribution in [0.5, 0.6) is 0 Å². The van der Waals surface area contributed by atoms with Crippen molar-refractivity contribution in [3.05, 3.63) is 58.1 Å². The molecule has 17 heavy (non-hydrogen) atoms. The maximum absolute atomic E-state index is 11.0. The molecule has 84 valence electrons. The van der Waals surface area contributed by atoms with E-state index < -0.39 is 0 Å². The maximum Gasteiger partial charge on any atom is 0.150 e. The van der Waals surface area contributed by atoms with Gasteiger partial charge in [0.05, 0.1) is 0 Å². The first-order valence-electron chi connectivity index (χ1n) is 5.06. The van der Waals surface area contributed by atoms with Crippen molar-refractivity contribution in [3.63, 3.8) is 0 Å². The van der Waals surface area contributed by atoms with Crippen LogP contribution in [0.2, 0.25) is 0 Å². The number of hydrogen-bond donors (Lipinski definition) is 0. The lowest BCUT2D eigenvalue weighted by molar-refractivity contribution is 0.112. The minimum atomic E-state index is 0.515. The highest BCUT2D eigenvalue weighted by Crippen LogP contribution is 2.32. The van der Waals surface area contributed by atoms with Gasteiger partial charge in [-0.15, -0.1) is 0 Å². The van der Waals surface area contributed by atoms with Crippen molar-refractivity contribution in [3.8, 4) is 11.1 Å². The van der Waals surface area contributed by atoms with Crippen LogP contribution in [0.15, 0.2) is 46.9 Å². The highest BCUT2D eigenvalue weighted by atomic mass is 79.9. The van der Waals surface area contributed by atoms with Gasteiger partial charge in [-0.1, -0.05) is 52.3 Å². The number of halogens is 1. The van der Waals surface area contributed by atoms with Gasteiger partial charge in [0.2, 0.25) is 0 Å². The van der Waals surface area contributed by atoms with Crippen molar-refractivity contribution in [1.29, 1.82) is 0 Å². The standard InChI is InChI=1S/C14H9BrO2/c15-13-7-2-1-6-12(13)14-10(8-16)4-3-5-11(14)9-17/h1-9H. The van der Waals surface area contributed by atoms with Gasteiger partial charge in [-0.3, -0.25) is 9.59 Å². The van der Waals surface area contributed by atoms with Gasteiger partial charge in [0.25, 0.3) is 0 Å². The number of benzene rings is 2. The molecule has 2 nitrogen and oxygen atoms in total. The lowest BCUT2D eigenvalue weighted by Crippen LogP contribution is -1.94. The van der Waals surface area contributed by atoms with Crippen LogP contribution in [0.4, 0.5) is 0 Å². The Balaban J connectivity index is 2.77. The zero-order valence-corrected chi connectivity index (χ0v) is 10.5. The summed E-state index contributed by atoms with van der Waals surface area (Å²) in [6, 6.07) is 12.6. The third-order valence-electron chi connectivity index (χ3n) is 2.53. The van der Waals surface area contributed by atoms with Gasteiger partial charge in [-0.05, 0) is 11.6 Å². The van der Waals surface area contributed by atoms with Crippen molar-refractivity contribution in [2.45, 2.75) is 0 Å². The van der Waals surface area contributed by atoms with E-state index >= 15 is 0 Å². The minimum absolute atomic E-state index is 0.515. The first kappa shape index (κ1) is 11.7. The molecule has 0 aromatic heterocycles. The summed E-state index contributed by atoms with van der Waals surface area (Å²) in [5.41, 5.74) is 2.55. The molecule has 0 atom stereocenters. The SMILES string of the molecule is O=Cc1cccc(C=O)c1-c1ccccc1Br. The van der Waals surface area contributed by atoms with Gasteiger partial charge in [0.1, 0.15) is 0 Å². The predicted octanol–water partition coefficient (Wildman–Crippen LogP) is 3.74. The molecule has 0 bridgehead atoms. The molecule has 0 saturated carbocycles. The molecule has 0 saturated heterocycles. The van der Waals surface area contributed by atoms with Gasteiger partial charge in [0.15, 0.2) is 12.6 Å². The molecule has 0 N–H and O–H groups in total. The van der Waals surface area contributed by atoms with Crippen LogP contribution >= 0.6 is 15.9 Å². The molecule has 2 aromatic carbocycles. The van der Waals surface area contributed by atoms with Crippen LogP contribution < -0.4 is 0 Å². The Morgan fingerprint density at radius 2 is 1.41 bits per heavy atom. The summed E-state index contributed by atoms with van der Waals surface area (Å²) in [6.07, 6.45) is 1.53. The largest absolute Gasteiger partial charge is 0.298 e. The highest BCUT2D eigenvalue weighted by molar-refractivity contribution is 9.10. The summed E-state index contributed by atoms with van der Waals surface area (Å²) in [5.74, 6) is 0. The van der Waals surface area contributed by atoms with Crippen LogP contribution in [0.1, 0.15) is 20.7 Å². The Morgan fingerprint density at radius 1 is 0.824 bits per heavy atom. The second-order valence-corrected chi connectivity index (χ2v) is 4.38. The molecular formula is C14H9BrO2. The zero-order chi connectivity index (χ0) is 12.3. The number of carbonyl (C=O) groups excluding carboxylic acids is 2. The zero-order valence-electron chi connectivity index (χ0n) is 8.89. The predicted molar refractivity (Wildman–Crippen MR) is 70.4 cm³/mol. The van der Waals surface area contributed by atoms with Gasteiger partial charge in [0, 0.05) is 21.2 Å². The molecule has 0 radical (unpaired) electrons. The monoisotopic (exact) mass is 288 g/mol. The molecule has 2 aromatic rings. The van der Waals surface area contributed by atoms with E-state index in [-0.39, 0.29) is 0 Å². The Labute approximate surface area is 107 Å². The van der Waals surface area contributed by atoms with E-state index in [0.717, 1.165) is 22.6 Å². The summed E-state index contributed by atoms with van der Waals surface area (Å²) in [4.78, 5) is 22.1. The molecule has 0 unspecified atom stereocenters. The van der Waals surface area contributed by atoms with Crippen molar-refractivity contribution in [2.75, 3.05) is 0 Å². The summed E-state index contributed by atoms with van der Waals surface area (Å²) in [7, 11) is 0. The number of carbonyl (C=O) groups is 2. The van der Waals surface area contributed by atoms with Crippen LogP contribution in [0.25, 0.3) is 11.1 Å². The fourth-order valence-electron chi connectivity index (χ4n) is 1.76. The van der Waals surface area contributed by atoms with E-state index in [1.54, 1.807) is 18.2 Å². The van der Waals surface area contributed by atoms with Gasteiger partial charge in [-0.25, -0.2) is 0 Å². The number of aldehydes is 2. The van der Waals surface area contributed by atoms with Crippen LogP contribution in [0, 0.1) is 0 Å². The number of hydrogen-bond acceptors (Lipinski definition) is 2. The van der Waals surface area contributed by atoms with E-state index in [1.807, 2.05) is 24.3 Å². The Bertz CT molecular complexity index is 550. The molecule has 2 rings (SSSR count). The lowest BCUT2D eigenvalue weighted by atomic mass is 9.95. The van der Waals surface area contributed by atoms with E-state index in [2.05, 4.69) is 15.9 Å². The van der Waals surface area contributed by atoms with Crippen molar-refractivity contribution in [1.82, 2.24) is 0 Å². The average molecular weight is 289 g/mol. The molecule has 0 fully saturated rings. The molecule has 0 aliphatic heterocycles. The molecule has 0 aliphatic rings. The smallest absolute Gasteiger partial charge is 0.150 e. The van der Waals surface area contributed by atoms with E-state index in [0.29, 0.717) is 16.7 Å². The lowest BCUT2D eigenvalue weighted by Gasteiger charge is -2.09. The Kier molecular flexibility index (Phi) is 3.49. The highest BCUT2D eigenvalue weighted by Gasteiger charge is 2.11. The normalized spacial score (nSPS) is 9.94. The maximum atomic E-state index is 11.0. The first-order valence-corrected chi connectivity index (χ1v) is 5.85. The van der Waals surface area contributed by atoms with Gasteiger partial charge < -0.3 is 0 Å². The van der Waals surface area contributed by atoms with Crippen molar-refractivity contribution < 1.29 is 9.59 Å². The molecule has 0 amide bonds.